The van der Waals surface area contributed by atoms with Crippen molar-refractivity contribution in [1.82, 2.24) is 14.8 Å². The minimum atomic E-state index is -0.312. The van der Waals surface area contributed by atoms with Gasteiger partial charge in [0.25, 0.3) is 5.91 Å². The first-order chi connectivity index (χ1) is 13.6. The van der Waals surface area contributed by atoms with Gasteiger partial charge in [-0.3, -0.25) is 4.79 Å². The van der Waals surface area contributed by atoms with E-state index in [-0.39, 0.29) is 11.9 Å². The maximum absolute atomic E-state index is 13.0. The number of unbranched alkanes of at least 4 members (excludes halogenated alkanes) is 1. The summed E-state index contributed by atoms with van der Waals surface area (Å²) in [6.07, 6.45) is 2.06. The van der Waals surface area contributed by atoms with Gasteiger partial charge in [-0.1, -0.05) is 37.1 Å². The zero-order valence-corrected chi connectivity index (χ0v) is 16.6. The zero-order chi connectivity index (χ0) is 19.9. The van der Waals surface area contributed by atoms with E-state index in [1.165, 1.54) is 4.68 Å². The molecule has 0 unspecified atom stereocenters. The summed E-state index contributed by atoms with van der Waals surface area (Å²) in [5.74, 6) is 0.793. The maximum Gasteiger partial charge on any atom is 0.336 e. The van der Waals surface area contributed by atoms with Gasteiger partial charge in [0.2, 0.25) is 0 Å². The molecule has 1 heterocycles. The highest BCUT2D eigenvalue weighted by molar-refractivity contribution is 6.30. The zero-order valence-electron chi connectivity index (χ0n) is 15.9. The van der Waals surface area contributed by atoms with Gasteiger partial charge in [-0.2, -0.15) is 9.67 Å². The molecule has 0 saturated heterocycles. The third-order valence-corrected chi connectivity index (χ3v) is 4.24. The minimum Gasteiger partial charge on any atom is -0.494 e. The first-order valence-corrected chi connectivity index (χ1v) is 9.63. The van der Waals surface area contributed by atoms with Crippen LogP contribution in [-0.4, -0.2) is 33.9 Å². The molecule has 0 amide bonds. The van der Waals surface area contributed by atoms with Crippen molar-refractivity contribution in [3.63, 3.8) is 0 Å². The monoisotopic (exact) mass is 399 g/mol. The van der Waals surface area contributed by atoms with Crippen LogP contribution >= 0.6 is 11.6 Å². The van der Waals surface area contributed by atoms with Gasteiger partial charge in [0.05, 0.1) is 13.2 Å². The van der Waals surface area contributed by atoms with Crippen molar-refractivity contribution in [2.45, 2.75) is 26.7 Å². The fourth-order valence-corrected chi connectivity index (χ4v) is 2.78. The lowest BCUT2D eigenvalue weighted by Crippen LogP contribution is -2.15. The van der Waals surface area contributed by atoms with Crippen molar-refractivity contribution >= 4 is 17.5 Å². The third kappa shape index (κ3) is 4.70. The number of hydrogen-bond donors (Lipinski definition) is 0. The average Bonchev–Trinajstić information content (AvgIpc) is 3.12. The molecule has 0 N–H and O–H groups in total. The fraction of sp³-hybridized carbons (Fsp3) is 0.286. The molecular weight excluding hydrogens is 378 g/mol. The van der Waals surface area contributed by atoms with Gasteiger partial charge in [0.15, 0.2) is 5.82 Å². The van der Waals surface area contributed by atoms with Crippen LogP contribution in [0.4, 0.5) is 0 Å². The molecule has 146 valence electrons. The molecule has 0 fully saturated rings. The van der Waals surface area contributed by atoms with Crippen molar-refractivity contribution in [3.05, 3.63) is 59.1 Å². The quantitative estimate of drug-likeness (QED) is 0.506. The summed E-state index contributed by atoms with van der Waals surface area (Å²) >= 11 is 6.09. The van der Waals surface area contributed by atoms with Gasteiger partial charge >= 0.3 is 6.01 Å². The highest BCUT2D eigenvalue weighted by Gasteiger charge is 2.20. The summed E-state index contributed by atoms with van der Waals surface area (Å²) in [6, 6.07) is 14.2. The summed E-state index contributed by atoms with van der Waals surface area (Å²) in [5.41, 5.74) is 1.15. The Balaban J connectivity index is 1.90. The fourth-order valence-electron chi connectivity index (χ4n) is 2.59. The number of nitrogens with zero attached hydrogens (tertiary/aromatic N) is 3. The molecule has 0 aliphatic rings. The number of carbonyl (C=O) groups is 1. The van der Waals surface area contributed by atoms with Crippen LogP contribution in [0.3, 0.4) is 0 Å². The van der Waals surface area contributed by atoms with Gasteiger partial charge in [-0.05, 0) is 49.7 Å². The summed E-state index contributed by atoms with van der Waals surface area (Å²) in [7, 11) is 0. The standard InChI is InChI=1S/C21H22ClN3O3/c1-3-5-13-28-18-11-9-15(10-12-18)20(26)25-19(23-21(24-25)27-4-2)16-7-6-8-17(22)14-16/h6-12,14H,3-5,13H2,1-2H3. The number of aromatic nitrogens is 3. The van der Waals surface area contributed by atoms with Crippen LogP contribution < -0.4 is 9.47 Å². The summed E-state index contributed by atoms with van der Waals surface area (Å²) < 4.78 is 12.3. The van der Waals surface area contributed by atoms with Gasteiger partial charge < -0.3 is 9.47 Å². The molecule has 0 radical (unpaired) electrons. The van der Waals surface area contributed by atoms with E-state index in [0.717, 1.165) is 18.6 Å². The SMILES string of the molecule is CCCCOc1ccc(C(=O)n2nc(OCC)nc2-c2cccc(Cl)c2)cc1. The van der Waals surface area contributed by atoms with Crippen LogP contribution in [0.25, 0.3) is 11.4 Å². The van der Waals surface area contributed by atoms with Crippen molar-refractivity contribution in [3.8, 4) is 23.1 Å². The normalized spacial score (nSPS) is 10.7. The van der Waals surface area contributed by atoms with Crippen LogP contribution in [0.5, 0.6) is 11.8 Å². The molecule has 0 saturated carbocycles. The van der Waals surface area contributed by atoms with Gasteiger partial charge in [-0.15, -0.1) is 5.10 Å². The van der Waals surface area contributed by atoms with Crippen molar-refractivity contribution < 1.29 is 14.3 Å². The Hall–Kier alpha value is -2.86. The van der Waals surface area contributed by atoms with E-state index in [1.807, 2.05) is 13.0 Å². The van der Waals surface area contributed by atoms with E-state index < -0.39 is 0 Å². The molecule has 0 spiro atoms. The largest absolute Gasteiger partial charge is 0.494 e. The number of carbonyl (C=O) groups excluding carboxylic acids is 1. The Morgan fingerprint density at radius 2 is 1.89 bits per heavy atom. The molecule has 0 atom stereocenters. The topological polar surface area (TPSA) is 66.2 Å². The highest BCUT2D eigenvalue weighted by atomic mass is 35.5. The molecule has 6 nitrogen and oxygen atoms in total. The Kier molecular flexibility index (Phi) is 6.66. The van der Waals surface area contributed by atoms with Gasteiger partial charge in [0.1, 0.15) is 5.75 Å². The Morgan fingerprint density at radius 1 is 1.11 bits per heavy atom. The first kappa shape index (κ1) is 19.9. The summed E-state index contributed by atoms with van der Waals surface area (Å²) in [4.78, 5) is 17.4. The van der Waals surface area contributed by atoms with E-state index in [1.54, 1.807) is 42.5 Å². The Morgan fingerprint density at radius 3 is 2.57 bits per heavy atom. The lowest BCUT2D eigenvalue weighted by Gasteiger charge is -2.07. The number of benzene rings is 2. The van der Waals surface area contributed by atoms with Crippen LogP contribution in [0.15, 0.2) is 48.5 Å². The molecule has 3 aromatic rings. The lowest BCUT2D eigenvalue weighted by atomic mass is 10.2. The van der Waals surface area contributed by atoms with Crippen molar-refractivity contribution in [1.29, 1.82) is 0 Å². The second-order valence-corrected chi connectivity index (χ2v) is 6.54. The smallest absolute Gasteiger partial charge is 0.336 e. The Labute approximate surface area is 169 Å². The van der Waals surface area contributed by atoms with Crippen molar-refractivity contribution in [2.24, 2.45) is 0 Å². The predicted octanol–water partition coefficient (Wildman–Crippen LogP) is 4.86. The predicted molar refractivity (Wildman–Crippen MR) is 108 cm³/mol. The highest BCUT2D eigenvalue weighted by Crippen LogP contribution is 2.24. The van der Waals surface area contributed by atoms with Crippen molar-refractivity contribution in [2.75, 3.05) is 13.2 Å². The number of rotatable bonds is 8. The minimum absolute atomic E-state index is 0.144. The van der Waals surface area contributed by atoms with Crippen LogP contribution in [0.1, 0.15) is 37.0 Å². The molecule has 0 aliphatic heterocycles. The second kappa shape index (κ2) is 9.37. The Bertz CT molecular complexity index is 938. The molecule has 2 aromatic carbocycles. The third-order valence-electron chi connectivity index (χ3n) is 4.00. The number of halogens is 1. The molecule has 1 aromatic heterocycles. The number of hydrogen-bond acceptors (Lipinski definition) is 5. The van der Waals surface area contributed by atoms with Gasteiger partial charge in [0, 0.05) is 16.1 Å². The second-order valence-electron chi connectivity index (χ2n) is 6.10. The molecule has 3 rings (SSSR count). The van der Waals surface area contributed by atoms with E-state index in [2.05, 4.69) is 17.0 Å². The maximum atomic E-state index is 13.0. The lowest BCUT2D eigenvalue weighted by molar-refractivity contribution is 0.0945. The van der Waals surface area contributed by atoms with Crippen LogP contribution in [0, 0.1) is 0 Å². The van der Waals surface area contributed by atoms with E-state index in [9.17, 15) is 4.79 Å². The van der Waals surface area contributed by atoms with Crippen LogP contribution in [0.2, 0.25) is 5.02 Å². The molecule has 0 bridgehead atoms. The first-order valence-electron chi connectivity index (χ1n) is 9.25. The summed E-state index contributed by atoms with van der Waals surface area (Å²) in [5, 5.41) is 4.77. The van der Waals surface area contributed by atoms with Crippen LogP contribution in [-0.2, 0) is 0 Å². The number of ether oxygens (including phenoxy) is 2. The van der Waals surface area contributed by atoms with E-state index in [4.69, 9.17) is 21.1 Å². The van der Waals surface area contributed by atoms with E-state index >= 15 is 0 Å². The molecule has 7 heteroatoms. The van der Waals surface area contributed by atoms with E-state index in [0.29, 0.717) is 35.2 Å². The average molecular weight is 400 g/mol. The molecular formula is C21H22ClN3O3. The van der Waals surface area contributed by atoms with Gasteiger partial charge in [-0.25, -0.2) is 0 Å². The molecule has 0 aliphatic carbocycles. The molecule has 28 heavy (non-hydrogen) atoms. The summed E-state index contributed by atoms with van der Waals surface area (Å²) in [6.45, 7) is 5.00.